The molecule has 0 aliphatic carbocycles. The van der Waals surface area contributed by atoms with E-state index in [0.29, 0.717) is 30.9 Å². The minimum absolute atomic E-state index is 0.199. The van der Waals surface area contributed by atoms with Crippen LogP contribution in [0, 0.1) is 16.7 Å². The maximum Gasteiger partial charge on any atom is 0.434 e. The van der Waals surface area contributed by atoms with Crippen LogP contribution in [0.1, 0.15) is 12.1 Å². The first kappa shape index (κ1) is 21.0. The van der Waals surface area contributed by atoms with E-state index >= 15 is 0 Å². The van der Waals surface area contributed by atoms with Crippen molar-refractivity contribution in [2.75, 3.05) is 18.0 Å². The highest BCUT2D eigenvalue weighted by Gasteiger charge is 2.33. The van der Waals surface area contributed by atoms with E-state index in [4.69, 9.17) is 16.4 Å². The summed E-state index contributed by atoms with van der Waals surface area (Å²) in [6.07, 6.45) is 4.00. The first-order valence-electron chi connectivity index (χ1n) is 9.41. The van der Waals surface area contributed by atoms with E-state index in [9.17, 15) is 13.2 Å². The minimum atomic E-state index is -4.60. The second-order valence-corrected chi connectivity index (χ2v) is 6.89. The Balaban J connectivity index is 1.67. The number of nitrogens with two attached hydrogens (primary N) is 1. The summed E-state index contributed by atoms with van der Waals surface area (Å²) < 4.78 is 40.5. The molecule has 12 heteroatoms. The van der Waals surface area contributed by atoms with E-state index in [-0.39, 0.29) is 22.9 Å². The van der Waals surface area contributed by atoms with Crippen LogP contribution in [0.25, 0.3) is 17.2 Å². The highest BCUT2D eigenvalue weighted by atomic mass is 19.4. The van der Waals surface area contributed by atoms with Gasteiger partial charge in [0, 0.05) is 37.3 Å². The van der Waals surface area contributed by atoms with Gasteiger partial charge in [0.1, 0.15) is 23.3 Å². The van der Waals surface area contributed by atoms with Crippen LogP contribution in [0.2, 0.25) is 0 Å². The number of fused-ring (bicyclic) bond motifs is 1. The molecule has 162 valence electrons. The summed E-state index contributed by atoms with van der Waals surface area (Å²) in [6.45, 7) is 0.978. The number of nitrogens with one attached hydrogen (secondary N) is 1. The number of imidazole rings is 1. The zero-order valence-electron chi connectivity index (χ0n) is 16.5. The predicted octanol–water partition coefficient (Wildman–Crippen LogP) is 2.73. The Morgan fingerprint density at radius 3 is 2.78 bits per heavy atom. The van der Waals surface area contributed by atoms with Crippen LogP contribution in [-0.2, 0) is 6.18 Å². The zero-order chi connectivity index (χ0) is 22.9. The molecule has 0 saturated heterocycles. The van der Waals surface area contributed by atoms with Crippen molar-refractivity contribution in [1.29, 1.82) is 10.7 Å². The lowest BCUT2D eigenvalue weighted by Crippen LogP contribution is -2.32. The topological polar surface area (TPSA) is 133 Å². The molecule has 0 radical (unpaired) electrons. The summed E-state index contributed by atoms with van der Waals surface area (Å²) in [5.74, 6) is 0.741. The van der Waals surface area contributed by atoms with Crippen molar-refractivity contribution in [3.63, 3.8) is 0 Å². The van der Waals surface area contributed by atoms with Crippen molar-refractivity contribution in [1.82, 2.24) is 24.3 Å². The molecule has 0 amide bonds. The number of rotatable bonds is 4. The fraction of sp³-hybridized carbons (Fsp3) is 0.200. The predicted molar refractivity (Wildman–Crippen MR) is 110 cm³/mol. The van der Waals surface area contributed by atoms with Crippen molar-refractivity contribution in [2.24, 2.45) is 5.73 Å². The van der Waals surface area contributed by atoms with Gasteiger partial charge in [0.15, 0.2) is 17.2 Å². The van der Waals surface area contributed by atoms with Crippen molar-refractivity contribution < 1.29 is 13.2 Å². The van der Waals surface area contributed by atoms with Gasteiger partial charge in [-0.3, -0.25) is 9.81 Å². The first-order chi connectivity index (χ1) is 15.3. The van der Waals surface area contributed by atoms with Gasteiger partial charge in [-0.25, -0.2) is 19.9 Å². The van der Waals surface area contributed by atoms with E-state index in [2.05, 4.69) is 19.9 Å². The number of nitrogens with zero attached hydrogens (tertiary/aromatic N) is 7. The molecule has 0 spiro atoms. The number of hydrogen-bond acceptors (Lipinski definition) is 8. The van der Waals surface area contributed by atoms with Gasteiger partial charge >= 0.3 is 6.18 Å². The molecule has 3 aromatic rings. The molecule has 3 aromatic heterocycles. The molecule has 1 aliphatic heterocycles. The third-order valence-electron chi connectivity index (χ3n) is 4.93. The maximum atomic E-state index is 13.1. The van der Waals surface area contributed by atoms with Crippen LogP contribution in [-0.4, -0.2) is 43.1 Å². The van der Waals surface area contributed by atoms with Crippen molar-refractivity contribution in [3.05, 3.63) is 60.0 Å². The second kappa shape index (κ2) is 8.10. The first-order valence-corrected chi connectivity index (χ1v) is 9.41. The molecule has 0 saturated carbocycles. The van der Waals surface area contributed by atoms with E-state index in [0.717, 1.165) is 18.0 Å². The molecule has 0 bridgehead atoms. The van der Waals surface area contributed by atoms with Crippen LogP contribution in [0.15, 0.2) is 54.3 Å². The van der Waals surface area contributed by atoms with Crippen molar-refractivity contribution >= 4 is 17.2 Å². The molecule has 0 unspecified atom stereocenters. The average molecular weight is 439 g/mol. The maximum absolute atomic E-state index is 13.1. The normalized spacial score (nSPS) is 14.9. The largest absolute Gasteiger partial charge is 0.434 e. The van der Waals surface area contributed by atoms with Gasteiger partial charge in [0.05, 0.1) is 12.4 Å². The third-order valence-corrected chi connectivity index (χ3v) is 4.93. The van der Waals surface area contributed by atoms with Gasteiger partial charge in [-0.1, -0.05) is 6.08 Å². The van der Waals surface area contributed by atoms with E-state index in [1.54, 1.807) is 12.1 Å². The number of nitriles is 1. The average Bonchev–Trinajstić information content (AvgIpc) is 3.22. The van der Waals surface area contributed by atoms with Gasteiger partial charge < -0.3 is 10.6 Å². The molecule has 32 heavy (non-hydrogen) atoms. The Bertz CT molecular complexity index is 1300. The molecule has 3 N–H and O–H groups in total. The Hall–Kier alpha value is -4.27. The Labute approximate surface area is 179 Å². The van der Waals surface area contributed by atoms with Crippen molar-refractivity contribution in [2.45, 2.75) is 12.6 Å². The van der Waals surface area contributed by atoms with Gasteiger partial charge in [-0.2, -0.15) is 18.4 Å². The molecule has 4 rings (SSSR count). The van der Waals surface area contributed by atoms with Crippen molar-refractivity contribution in [3.8, 4) is 17.6 Å². The molecule has 9 nitrogen and oxygen atoms in total. The summed E-state index contributed by atoms with van der Waals surface area (Å²) in [6, 6.07) is 3.46. The molecule has 4 heterocycles. The number of halogens is 3. The minimum Gasteiger partial charge on any atom is -0.404 e. The molecule has 1 aliphatic rings. The fourth-order valence-electron chi connectivity index (χ4n) is 3.40. The van der Waals surface area contributed by atoms with Gasteiger partial charge in [-0.05, 0) is 18.1 Å². The van der Waals surface area contributed by atoms with Crippen LogP contribution >= 0.6 is 0 Å². The number of alkyl halides is 3. The lowest BCUT2D eigenvalue weighted by molar-refractivity contribution is -0.141. The fourth-order valence-corrected chi connectivity index (χ4v) is 3.40. The Morgan fingerprint density at radius 1 is 1.25 bits per heavy atom. The van der Waals surface area contributed by atoms with Gasteiger partial charge in [0.2, 0.25) is 0 Å². The quantitative estimate of drug-likeness (QED) is 0.597. The molecular formula is C20H16F3N9. The lowest BCUT2D eigenvalue weighted by Gasteiger charge is -2.29. The molecule has 0 atom stereocenters. The van der Waals surface area contributed by atoms with E-state index in [1.165, 1.54) is 23.0 Å². The second-order valence-electron chi connectivity index (χ2n) is 6.89. The van der Waals surface area contributed by atoms with Crippen LogP contribution < -0.4 is 10.6 Å². The summed E-state index contributed by atoms with van der Waals surface area (Å²) in [5.41, 5.74) is 5.93. The summed E-state index contributed by atoms with van der Waals surface area (Å²) in [7, 11) is 0. The van der Waals surface area contributed by atoms with Gasteiger partial charge in [-0.15, -0.1) is 0 Å². The zero-order valence-corrected chi connectivity index (χ0v) is 16.5. The van der Waals surface area contributed by atoms with E-state index in [1.807, 2.05) is 11.0 Å². The Morgan fingerprint density at radius 2 is 2.06 bits per heavy atom. The summed E-state index contributed by atoms with van der Waals surface area (Å²) >= 11 is 0. The summed E-state index contributed by atoms with van der Waals surface area (Å²) in [4.78, 5) is 18.1. The monoisotopic (exact) mass is 439 g/mol. The highest BCUT2D eigenvalue weighted by molar-refractivity contribution is 6.12. The Kier molecular flexibility index (Phi) is 5.31. The standard InChI is InChI=1S/C20H16F3N9/c21-20(22,23)16-11-32-15(8-29-18(32)9-28-16)19-27-4-3-17(30-19)31-5-1-2-12(10-31)13(6-24)14(26)7-25/h2-4,6,8-9,11,26H,1,5,10,24H2/b13-6-,26-14?. The van der Waals surface area contributed by atoms with Gasteiger partial charge in [0.25, 0.3) is 0 Å². The molecular weight excluding hydrogens is 423 g/mol. The van der Waals surface area contributed by atoms with E-state index < -0.39 is 11.9 Å². The SMILES string of the molecule is N#CC(=N)/C(=C\N)C1=CCCN(c2ccnc(-c3cnc4cnc(C(F)(F)F)cn34)n2)C1. The van der Waals surface area contributed by atoms with Crippen LogP contribution in [0.4, 0.5) is 19.0 Å². The van der Waals surface area contributed by atoms with Crippen LogP contribution in [0.5, 0.6) is 0 Å². The highest BCUT2D eigenvalue weighted by Crippen LogP contribution is 2.29. The summed E-state index contributed by atoms with van der Waals surface area (Å²) in [5, 5.41) is 16.8. The third kappa shape index (κ3) is 3.87. The number of anilines is 1. The smallest absolute Gasteiger partial charge is 0.404 e. The number of aromatic nitrogens is 5. The number of hydrogen-bond donors (Lipinski definition) is 2. The molecule has 0 fully saturated rings. The van der Waals surface area contributed by atoms with Crippen LogP contribution in [0.3, 0.4) is 0 Å². The lowest BCUT2D eigenvalue weighted by atomic mass is 9.98. The molecule has 0 aromatic carbocycles.